The van der Waals surface area contributed by atoms with Crippen LogP contribution in [0.1, 0.15) is 28.9 Å². The number of likely N-dealkylation sites (tertiary alicyclic amines) is 1. The Labute approximate surface area is 218 Å². The Morgan fingerprint density at radius 2 is 1.89 bits per heavy atom. The minimum Gasteiger partial charge on any atom is -0.439 e. The van der Waals surface area contributed by atoms with Crippen LogP contribution in [0.3, 0.4) is 0 Å². The number of rotatable bonds is 7. The monoisotopic (exact) mass is 508 g/mol. The molecule has 9 heteroatoms. The molecule has 5 aromatic rings. The standard InChI is InChI=1S/C29H25FN6O2/c30-22-4-3-5-24(14-22)38-27-9-7-23(17-32-27)33-29(37)28-25-13-20(6-8-26(25)34-35-28)21-12-19(15-31-16-21)18-36-10-1-2-11-36/h3-9,12-17H,1-2,10-11,18H2,(H,33,37)(H,34,35). The van der Waals surface area contributed by atoms with Gasteiger partial charge < -0.3 is 10.1 Å². The lowest BCUT2D eigenvalue weighted by atomic mass is 10.0. The first-order valence-electron chi connectivity index (χ1n) is 12.5. The number of carbonyl (C=O) groups is 1. The van der Waals surface area contributed by atoms with Crippen molar-refractivity contribution in [3.8, 4) is 22.8 Å². The predicted molar refractivity (Wildman–Crippen MR) is 142 cm³/mol. The molecule has 0 unspecified atom stereocenters. The number of hydrogen-bond donors (Lipinski definition) is 2. The lowest BCUT2D eigenvalue weighted by Gasteiger charge is -2.14. The molecule has 2 N–H and O–H groups in total. The van der Waals surface area contributed by atoms with Gasteiger partial charge in [-0.25, -0.2) is 9.37 Å². The van der Waals surface area contributed by atoms with E-state index in [-0.39, 0.29) is 17.5 Å². The number of aromatic nitrogens is 4. The van der Waals surface area contributed by atoms with Crippen molar-refractivity contribution >= 4 is 22.5 Å². The number of ether oxygens (including phenoxy) is 1. The molecule has 1 saturated heterocycles. The maximum Gasteiger partial charge on any atom is 0.276 e. The van der Waals surface area contributed by atoms with E-state index in [9.17, 15) is 9.18 Å². The number of anilines is 1. The second-order valence-corrected chi connectivity index (χ2v) is 9.30. The lowest BCUT2D eigenvalue weighted by Crippen LogP contribution is -2.18. The van der Waals surface area contributed by atoms with Crippen LogP contribution in [0.15, 0.2) is 79.3 Å². The van der Waals surface area contributed by atoms with Gasteiger partial charge in [0, 0.05) is 42.0 Å². The van der Waals surface area contributed by atoms with Crippen molar-refractivity contribution in [3.05, 3.63) is 96.3 Å². The van der Waals surface area contributed by atoms with Crippen LogP contribution in [-0.4, -0.2) is 44.1 Å². The fraction of sp³-hybridized carbons (Fsp3) is 0.172. The molecule has 6 rings (SSSR count). The van der Waals surface area contributed by atoms with Crippen LogP contribution in [0, 0.1) is 5.82 Å². The number of benzene rings is 2. The summed E-state index contributed by atoms with van der Waals surface area (Å²) in [6.45, 7) is 3.15. The number of amides is 1. The minimum atomic E-state index is -0.396. The van der Waals surface area contributed by atoms with Crippen LogP contribution >= 0.6 is 0 Å². The molecule has 1 aliphatic rings. The van der Waals surface area contributed by atoms with Gasteiger partial charge in [-0.1, -0.05) is 12.1 Å². The second kappa shape index (κ2) is 10.4. The Morgan fingerprint density at radius 3 is 2.71 bits per heavy atom. The van der Waals surface area contributed by atoms with Crippen molar-refractivity contribution in [2.24, 2.45) is 0 Å². The van der Waals surface area contributed by atoms with E-state index in [0.717, 1.165) is 36.3 Å². The molecule has 1 amide bonds. The van der Waals surface area contributed by atoms with Crippen molar-refractivity contribution in [1.29, 1.82) is 0 Å². The summed E-state index contributed by atoms with van der Waals surface area (Å²) < 4.78 is 18.9. The molecule has 0 radical (unpaired) electrons. The highest BCUT2D eigenvalue weighted by molar-refractivity contribution is 6.11. The average molecular weight is 509 g/mol. The molecule has 0 aliphatic carbocycles. The van der Waals surface area contributed by atoms with Gasteiger partial charge in [0.05, 0.1) is 17.4 Å². The molecule has 2 aromatic carbocycles. The predicted octanol–water partition coefficient (Wildman–Crippen LogP) is 5.80. The molecule has 8 nitrogen and oxygen atoms in total. The number of pyridine rings is 2. The molecule has 0 atom stereocenters. The first-order valence-corrected chi connectivity index (χ1v) is 12.5. The number of aromatic amines is 1. The third-order valence-electron chi connectivity index (χ3n) is 6.52. The zero-order chi connectivity index (χ0) is 25.9. The second-order valence-electron chi connectivity index (χ2n) is 9.30. The van der Waals surface area contributed by atoms with Gasteiger partial charge in [0.25, 0.3) is 5.91 Å². The quantitative estimate of drug-likeness (QED) is 0.289. The maximum absolute atomic E-state index is 13.4. The first kappa shape index (κ1) is 23.7. The number of H-pyrrole nitrogens is 1. The van der Waals surface area contributed by atoms with Gasteiger partial charge in [0.15, 0.2) is 5.69 Å². The highest BCUT2D eigenvalue weighted by atomic mass is 19.1. The lowest BCUT2D eigenvalue weighted by molar-refractivity contribution is 0.102. The van der Waals surface area contributed by atoms with E-state index >= 15 is 0 Å². The van der Waals surface area contributed by atoms with E-state index < -0.39 is 5.82 Å². The molecular weight excluding hydrogens is 483 g/mol. The zero-order valence-corrected chi connectivity index (χ0v) is 20.5. The van der Waals surface area contributed by atoms with Gasteiger partial charge in [0.1, 0.15) is 11.6 Å². The summed E-state index contributed by atoms with van der Waals surface area (Å²) in [7, 11) is 0. The van der Waals surface area contributed by atoms with E-state index in [1.165, 1.54) is 36.7 Å². The van der Waals surface area contributed by atoms with Crippen molar-refractivity contribution in [3.63, 3.8) is 0 Å². The van der Waals surface area contributed by atoms with Crippen LogP contribution in [0.25, 0.3) is 22.0 Å². The smallest absolute Gasteiger partial charge is 0.276 e. The van der Waals surface area contributed by atoms with Crippen LogP contribution in [-0.2, 0) is 6.54 Å². The van der Waals surface area contributed by atoms with Gasteiger partial charge in [0.2, 0.25) is 5.88 Å². The van der Waals surface area contributed by atoms with Gasteiger partial charge in [-0.05, 0) is 73.5 Å². The third kappa shape index (κ3) is 5.23. The molecule has 3 aromatic heterocycles. The molecule has 38 heavy (non-hydrogen) atoms. The maximum atomic E-state index is 13.4. The first-order chi connectivity index (χ1) is 18.6. The van der Waals surface area contributed by atoms with Crippen molar-refractivity contribution < 1.29 is 13.9 Å². The SMILES string of the molecule is O=C(Nc1ccc(Oc2cccc(F)c2)nc1)c1n[nH]c2ccc(-c3cncc(CN4CCCC4)c3)cc12. The molecule has 1 aliphatic heterocycles. The van der Waals surface area contributed by atoms with Crippen LogP contribution in [0.5, 0.6) is 11.6 Å². The summed E-state index contributed by atoms with van der Waals surface area (Å²) >= 11 is 0. The summed E-state index contributed by atoms with van der Waals surface area (Å²) in [5.74, 6) is -0.143. The summed E-state index contributed by atoms with van der Waals surface area (Å²) in [4.78, 5) is 24.2. The van der Waals surface area contributed by atoms with E-state index in [1.54, 1.807) is 24.3 Å². The van der Waals surface area contributed by atoms with Crippen molar-refractivity contribution in [2.45, 2.75) is 19.4 Å². The summed E-state index contributed by atoms with van der Waals surface area (Å²) in [5, 5.41) is 10.7. The molecule has 1 fully saturated rings. The van der Waals surface area contributed by atoms with Gasteiger partial charge in [-0.2, -0.15) is 5.10 Å². The Bertz CT molecular complexity index is 1590. The number of halogens is 1. The zero-order valence-electron chi connectivity index (χ0n) is 20.5. The highest BCUT2D eigenvalue weighted by Gasteiger charge is 2.17. The molecule has 0 bridgehead atoms. The van der Waals surface area contributed by atoms with E-state index in [2.05, 4.69) is 36.4 Å². The normalized spacial score (nSPS) is 13.6. The Balaban J connectivity index is 1.18. The van der Waals surface area contributed by atoms with E-state index in [0.29, 0.717) is 16.8 Å². The van der Waals surface area contributed by atoms with Crippen LogP contribution in [0.2, 0.25) is 0 Å². The Kier molecular flexibility index (Phi) is 6.49. The Hall–Kier alpha value is -4.63. The fourth-order valence-electron chi connectivity index (χ4n) is 4.65. The number of nitrogens with one attached hydrogen (secondary N) is 2. The molecule has 190 valence electrons. The summed E-state index contributed by atoms with van der Waals surface area (Å²) in [6, 6.07) is 17.1. The number of fused-ring (bicyclic) bond motifs is 1. The number of nitrogens with zero attached hydrogens (tertiary/aromatic N) is 4. The van der Waals surface area contributed by atoms with Gasteiger partial charge >= 0.3 is 0 Å². The van der Waals surface area contributed by atoms with Crippen LogP contribution < -0.4 is 10.1 Å². The van der Waals surface area contributed by atoms with E-state index in [4.69, 9.17) is 4.74 Å². The summed E-state index contributed by atoms with van der Waals surface area (Å²) in [6.07, 6.45) is 7.73. The van der Waals surface area contributed by atoms with Gasteiger partial charge in [-0.3, -0.25) is 19.8 Å². The highest BCUT2D eigenvalue weighted by Crippen LogP contribution is 2.27. The van der Waals surface area contributed by atoms with Gasteiger partial charge in [-0.15, -0.1) is 0 Å². The minimum absolute atomic E-state index is 0.281. The Morgan fingerprint density at radius 1 is 1.00 bits per heavy atom. The average Bonchev–Trinajstić information content (AvgIpc) is 3.60. The van der Waals surface area contributed by atoms with E-state index in [1.807, 2.05) is 30.6 Å². The molecule has 4 heterocycles. The number of hydrogen-bond acceptors (Lipinski definition) is 6. The summed E-state index contributed by atoms with van der Waals surface area (Å²) in [5.41, 5.74) is 4.65. The van der Waals surface area contributed by atoms with Crippen LogP contribution in [0.4, 0.5) is 10.1 Å². The molecular formula is C29H25FN6O2. The molecule has 0 saturated carbocycles. The van der Waals surface area contributed by atoms with Crippen molar-refractivity contribution in [1.82, 2.24) is 25.1 Å². The fourth-order valence-corrected chi connectivity index (χ4v) is 4.65. The topological polar surface area (TPSA) is 96.0 Å². The largest absolute Gasteiger partial charge is 0.439 e. The number of carbonyl (C=O) groups excluding carboxylic acids is 1. The molecule has 0 spiro atoms. The third-order valence-corrected chi connectivity index (χ3v) is 6.52. The van der Waals surface area contributed by atoms with Crippen molar-refractivity contribution in [2.75, 3.05) is 18.4 Å².